The lowest BCUT2D eigenvalue weighted by atomic mass is 9.61. The maximum atomic E-state index is 7.04. The van der Waals surface area contributed by atoms with Crippen molar-refractivity contribution < 1.29 is 4.74 Å². The zero-order valence-electron chi connectivity index (χ0n) is 27.3. The summed E-state index contributed by atoms with van der Waals surface area (Å²) >= 11 is 0. The van der Waals surface area contributed by atoms with Gasteiger partial charge in [0.25, 0.3) is 0 Å². The third kappa shape index (κ3) is 4.23. The Balaban J connectivity index is 1.22. The van der Waals surface area contributed by atoms with Gasteiger partial charge in [0.2, 0.25) is 0 Å². The molecule has 1 aliphatic heterocycles. The summed E-state index contributed by atoms with van der Waals surface area (Å²) in [5, 5.41) is 0. The van der Waals surface area contributed by atoms with E-state index in [4.69, 9.17) is 14.7 Å². The molecule has 1 aromatic heterocycles. The average Bonchev–Trinajstić information content (AvgIpc) is 3.49. The molecule has 0 N–H and O–H groups in total. The second-order valence-electron chi connectivity index (χ2n) is 13.2. The van der Waals surface area contributed by atoms with Crippen molar-refractivity contribution in [1.82, 2.24) is 9.97 Å². The normalized spacial score (nSPS) is 19.3. The van der Waals surface area contributed by atoms with E-state index in [-0.39, 0.29) is 11.8 Å². The Labute approximate surface area is 291 Å². The van der Waals surface area contributed by atoms with E-state index in [2.05, 4.69) is 170 Å². The fraction of sp³-hybridized carbons (Fsp3) is 0.0638. The Hall–Kier alpha value is -6.32. The summed E-state index contributed by atoms with van der Waals surface area (Å²) in [6.07, 6.45) is 9.19. The highest BCUT2D eigenvalue weighted by Gasteiger charge is 2.56. The second-order valence-corrected chi connectivity index (χ2v) is 13.2. The summed E-state index contributed by atoms with van der Waals surface area (Å²) in [7, 11) is 0. The number of nitrogens with zero attached hydrogens (tertiary/aromatic N) is 2. The summed E-state index contributed by atoms with van der Waals surface area (Å²) in [5.41, 5.74) is 11.6. The molecule has 3 nitrogen and oxygen atoms in total. The molecule has 1 spiro atoms. The number of aromatic nitrogens is 2. The Morgan fingerprint density at radius 1 is 0.480 bits per heavy atom. The second kappa shape index (κ2) is 11.4. The molecule has 10 rings (SSSR count). The van der Waals surface area contributed by atoms with Crippen molar-refractivity contribution in [2.24, 2.45) is 5.92 Å². The van der Waals surface area contributed by atoms with Gasteiger partial charge in [0.1, 0.15) is 11.5 Å². The van der Waals surface area contributed by atoms with E-state index in [0.29, 0.717) is 5.82 Å². The summed E-state index contributed by atoms with van der Waals surface area (Å²) in [6, 6.07) is 55.5. The maximum absolute atomic E-state index is 7.04. The summed E-state index contributed by atoms with van der Waals surface area (Å²) in [5.74, 6) is 2.95. The molecule has 3 aliphatic rings. The Morgan fingerprint density at radius 3 is 1.82 bits per heavy atom. The molecule has 2 heterocycles. The van der Waals surface area contributed by atoms with Crippen LogP contribution in [0, 0.1) is 5.92 Å². The van der Waals surface area contributed by atoms with Crippen molar-refractivity contribution in [3.8, 4) is 56.5 Å². The van der Waals surface area contributed by atoms with Gasteiger partial charge < -0.3 is 4.74 Å². The summed E-state index contributed by atoms with van der Waals surface area (Å²) in [6.45, 7) is 0. The topological polar surface area (TPSA) is 35.0 Å². The molecule has 236 valence electrons. The lowest BCUT2D eigenvalue weighted by molar-refractivity contribution is 0.375. The molecule has 0 bridgehead atoms. The van der Waals surface area contributed by atoms with Crippen molar-refractivity contribution >= 4 is 0 Å². The van der Waals surface area contributed by atoms with Crippen LogP contribution in [0.5, 0.6) is 11.5 Å². The van der Waals surface area contributed by atoms with Gasteiger partial charge in [0.05, 0.1) is 16.8 Å². The lowest BCUT2D eigenvalue weighted by Crippen LogP contribution is -2.37. The molecule has 0 saturated heterocycles. The molecule has 50 heavy (non-hydrogen) atoms. The zero-order valence-corrected chi connectivity index (χ0v) is 27.3. The van der Waals surface area contributed by atoms with Gasteiger partial charge in [-0.1, -0.05) is 170 Å². The molecule has 3 atom stereocenters. The van der Waals surface area contributed by atoms with Gasteiger partial charge in [0.15, 0.2) is 5.82 Å². The van der Waals surface area contributed by atoms with Gasteiger partial charge in [0, 0.05) is 45.2 Å². The molecule has 0 amide bonds. The quantitative estimate of drug-likeness (QED) is 0.192. The highest BCUT2D eigenvalue weighted by molar-refractivity contribution is 5.88. The molecule has 6 aromatic carbocycles. The summed E-state index contributed by atoms with van der Waals surface area (Å²) < 4.78 is 7.04. The van der Waals surface area contributed by atoms with Crippen LogP contribution in [0.25, 0.3) is 45.0 Å². The van der Waals surface area contributed by atoms with Crippen LogP contribution in [0.2, 0.25) is 0 Å². The van der Waals surface area contributed by atoms with Crippen LogP contribution < -0.4 is 4.74 Å². The van der Waals surface area contributed by atoms with E-state index in [0.717, 1.165) is 50.7 Å². The van der Waals surface area contributed by atoms with E-state index in [1.54, 1.807) is 0 Å². The highest BCUT2D eigenvalue weighted by Crippen LogP contribution is 2.65. The zero-order chi connectivity index (χ0) is 33.1. The van der Waals surface area contributed by atoms with Crippen molar-refractivity contribution in [2.45, 2.75) is 11.3 Å². The fourth-order valence-corrected chi connectivity index (χ4v) is 8.59. The van der Waals surface area contributed by atoms with Gasteiger partial charge in [-0.05, 0) is 28.8 Å². The van der Waals surface area contributed by atoms with Crippen molar-refractivity contribution in [3.63, 3.8) is 0 Å². The summed E-state index contributed by atoms with van der Waals surface area (Å²) in [4.78, 5) is 10.4. The molecule has 0 radical (unpaired) electrons. The molecule has 3 unspecified atom stereocenters. The predicted octanol–water partition coefficient (Wildman–Crippen LogP) is 11.4. The number of fused-ring (bicyclic) bond motifs is 9. The van der Waals surface area contributed by atoms with E-state index >= 15 is 0 Å². The van der Waals surface area contributed by atoms with Crippen LogP contribution in [0.1, 0.15) is 28.2 Å². The minimum Gasteiger partial charge on any atom is -0.456 e. The number of hydrogen-bond donors (Lipinski definition) is 0. The van der Waals surface area contributed by atoms with E-state index in [1.165, 1.54) is 22.3 Å². The number of para-hydroxylation sites is 2. The molecule has 0 saturated carbocycles. The Kier molecular flexibility index (Phi) is 6.53. The molecular weight excluding hydrogens is 609 g/mol. The number of hydrogen-bond acceptors (Lipinski definition) is 3. The van der Waals surface area contributed by atoms with E-state index in [9.17, 15) is 0 Å². The third-order valence-corrected chi connectivity index (χ3v) is 10.7. The van der Waals surface area contributed by atoms with Crippen molar-refractivity contribution in [1.29, 1.82) is 0 Å². The Bertz CT molecular complexity index is 2420. The first-order chi connectivity index (χ1) is 24.8. The fourth-order valence-electron chi connectivity index (χ4n) is 8.59. The van der Waals surface area contributed by atoms with Gasteiger partial charge in [-0.25, -0.2) is 9.97 Å². The van der Waals surface area contributed by atoms with Gasteiger partial charge in [-0.3, -0.25) is 0 Å². The first kappa shape index (κ1) is 28.7. The Morgan fingerprint density at radius 2 is 1.06 bits per heavy atom. The molecule has 0 fully saturated rings. The van der Waals surface area contributed by atoms with Gasteiger partial charge in [-0.2, -0.15) is 0 Å². The van der Waals surface area contributed by atoms with Crippen LogP contribution in [-0.4, -0.2) is 9.97 Å². The number of benzene rings is 6. The van der Waals surface area contributed by atoms with Gasteiger partial charge >= 0.3 is 0 Å². The highest BCUT2D eigenvalue weighted by atomic mass is 16.5. The standard InChI is InChI=1S/C47H32N2O/c1-3-16-31(17-4-1)42-30-43(32-18-5-2-6-19-32)49-46(48-42)37-23-8-7-20-33(37)36-24-15-28-41-45(36)50-44-29-14-13-27-40(44)47(41)38-25-11-9-21-34(38)35-22-10-12-26-39(35)47/h1-30,34,38H. The molecule has 3 heteroatoms. The number of ether oxygens (including phenoxy) is 1. The van der Waals surface area contributed by atoms with Crippen LogP contribution in [0.4, 0.5) is 0 Å². The minimum atomic E-state index is -0.415. The van der Waals surface area contributed by atoms with Crippen LogP contribution in [0.3, 0.4) is 0 Å². The van der Waals surface area contributed by atoms with Gasteiger partial charge in [-0.15, -0.1) is 0 Å². The lowest BCUT2D eigenvalue weighted by Gasteiger charge is -2.43. The largest absolute Gasteiger partial charge is 0.456 e. The van der Waals surface area contributed by atoms with E-state index in [1.807, 2.05) is 12.1 Å². The maximum Gasteiger partial charge on any atom is 0.161 e. The van der Waals surface area contributed by atoms with Crippen LogP contribution >= 0.6 is 0 Å². The van der Waals surface area contributed by atoms with Crippen molar-refractivity contribution in [3.05, 3.63) is 204 Å². The monoisotopic (exact) mass is 640 g/mol. The SMILES string of the molecule is C1=CC2c3ccccc3C3(c4ccccc4Oc4c(-c5ccccc5-c5nc(-c6ccccc6)cc(-c6ccccc6)n5)cccc43)C2C=C1. The first-order valence-electron chi connectivity index (χ1n) is 17.3. The average molecular weight is 641 g/mol. The minimum absolute atomic E-state index is 0.207. The van der Waals surface area contributed by atoms with Crippen LogP contribution in [0.15, 0.2) is 182 Å². The smallest absolute Gasteiger partial charge is 0.161 e. The molecule has 7 aromatic rings. The number of allylic oxidation sites excluding steroid dienone is 4. The molecule has 2 aliphatic carbocycles. The van der Waals surface area contributed by atoms with Crippen molar-refractivity contribution in [2.75, 3.05) is 0 Å². The van der Waals surface area contributed by atoms with Crippen LogP contribution in [-0.2, 0) is 5.41 Å². The molecular formula is C47H32N2O. The third-order valence-electron chi connectivity index (χ3n) is 10.7. The van der Waals surface area contributed by atoms with E-state index < -0.39 is 5.41 Å². The predicted molar refractivity (Wildman–Crippen MR) is 201 cm³/mol. The first-order valence-corrected chi connectivity index (χ1v) is 17.3. The number of rotatable bonds is 4.